The Morgan fingerprint density at radius 1 is 1.33 bits per heavy atom. The zero-order chi connectivity index (χ0) is 13.0. The molecule has 0 aromatic carbocycles. The number of hydrogen-bond acceptors (Lipinski definition) is 4. The molecule has 0 bridgehead atoms. The molecule has 18 heavy (non-hydrogen) atoms. The molecule has 0 saturated carbocycles. The van der Waals surface area contributed by atoms with Gasteiger partial charge in [0.2, 0.25) is 11.8 Å². The minimum atomic E-state index is -0.0478. The molecule has 0 radical (unpaired) electrons. The average Bonchev–Trinajstić information content (AvgIpc) is 2.95. The van der Waals surface area contributed by atoms with Crippen LogP contribution in [0.3, 0.4) is 0 Å². The van der Waals surface area contributed by atoms with Crippen LogP contribution in [0, 0.1) is 0 Å². The van der Waals surface area contributed by atoms with Gasteiger partial charge in [-0.2, -0.15) is 0 Å². The van der Waals surface area contributed by atoms with Crippen LogP contribution in [-0.2, 0) is 9.59 Å². The van der Waals surface area contributed by atoms with Crippen molar-refractivity contribution in [2.75, 3.05) is 26.2 Å². The summed E-state index contributed by atoms with van der Waals surface area (Å²) in [7, 11) is 0. The highest BCUT2D eigenvalue weighted by Crippen LogP contribution is 2.21. The number of carbonyl (C=O) groups excluding carboxylic acids is 2. The first kappa shape index (κ1) is 13.5. The first-order chi connectivity index (χ1) is 8.72. The Hall–Kier alpha value is -0.940. The summed E-state index contributed by atoms with van der Waals surface area (Å²) in [6.07, 6.45) is 5.26. The molecule has 0 aliphatic carbocycles. The van der Waals surface area contributed by atoms with Gasteiger partial charge in [0.05, 0.1) is 6.54 Å². The predicted molar refractivity (Wildman–Crippen MR) is 66.9 cm³/mol. The summed E-state index contributed by atoms with van der Waals surface area (Å²) in [6.45, 7) is 2.10. The van der Waals surface area contributed by atoms with Gasteiger partial charge in [-0.05, 0) is 38.6 Å². The lowest BCUT2D eigenvalue weighted by atomic mass is 10.1. The minimum Gasteiger partial charge on any atom is -0.396 e. The van der Waals surface area contributed by atoms with Gasteiger partial charge in [-0.25, -0.2) is 0 Å². The van der Waals surface area contributed by atoms with Gasteiger partial charge in [-0.3, -0.25) is 19.4 Å². The zero-order valence-corrected chi connectivity index (χ0v) is 10.8. The van der Waals surface area contributed by atoms with Crippen LogP contribution in [0.4, 0.5) is 0 Å². The Labute approximate surface area is 108 Å². The number of carbonyl (C=O) groups is 2. The van der Waals surface area contributed by atoms with Gasteiger partial charge in [0.1, 0.15) is 0 Å². The number of likely N-dealkylation sites (tertiary alicyclic amines) is 2. The maximum atomic E-state index is 12.0. The highest BCUT2D eigenvalue weighted by atomic mass is 16.3. The van der Waals surface area contributed by atoms with Gasteiger partial charge in [-0.1, -0.05) is 0 Å². The molecular weight excluding hydrogens is 232 g/mol. The average molecular weight is 254 g/mol. The standard InChI is InChI=1S/C13H22N2O3/c16-9-3-5-11-4-1-7-14(11)10-13(18)15-8-2-6-12(15)17/h11,16H,1-10H2. The molecular formula is C13H22N2O3. The van der Waals surface area contributed by atoms with E-state index in [0.717, 1.165) is 38.6 Å². The number of aliphatic hydroxyl groups is 1. The molecule has 2 aliphatic rings. The van der Waals surface area contributed by atoms with Crippen LogP contribution < -0.4 is 0 Å². The molecule has 0 aromatic rings. The fraction of sp³-hybridized carbons (Fsp3) is 0.846. The predicted octanol–water partition coefficient (Wildman–Crippen LogP) is 0.372. The largest absolute Gasteiger partial charge is 0.396 e. The van der Waals surface area contributed by atoms with Crippen molar-refractivity contribution in [2.24, 2.45) is 0 Å². The first-order valence-corrected chi connectivity index (χ1v) is 6.90. The molecule has 5 nitrogen and oxygen atoms in total. The van der Waals surface area contributed by atoms with E-state index < -0.39 is 0 Å². The van der Waals surface area contributed by atoms with Crippen molar-refractivity contribution in [2.45, 2.75) is 44.6 Å². The number of nitrogens with zero attached hydrogens (tertiary/aromatic N) is 2. The Morgan fingerprint density at radius 3 is 2.83 bits per heavy atom. The summed E-state index contributed by atoms with van der Waals surface area (Å²) in [4.78, 5) is 27.1. The van der Waals surface area contributed by atoms with Gasteiger partial charge in [0.15, 0.2) is 0 Å². The SMILES string of the molecule is O=C1CCCN1C(=O)CN1CCCC1CCCO. The van der Waals surface area contributed by atoms with Crippen molar-refractivity contribution in [3.05, 3.63) is 0 Å². The molecule has 2 fully saturated rings. The van der Waals surface area contributed by atoms with E-state index in [4.69, 9.17) is 5.11 Å². The van der Waals surface area contributed by atoms with Crippen LogP contribution >= 0.6 is 0 Å². The van der Waals surface area contributed by atoms with Gasteiger partial charge in [-0.15, -0.1) is 0 Å². The van der Waals surface area contributed by atoms with Crippen LogP contribution in [-0.4, -0.2) is 59.0 Å². The Balaban J connectivity index is 1.84. The molecule has 2 aliphatic heterocycles. The third-order valence-electron chi connectivity index (χ3n) is 3.91. The lowest BCUT2D eigenvalue weighted by Crippen LogP contribution is -2.42. The highest BCUT2D eigenvalue weighted by Gasteiger charge is 2.31. The molecule has 0 aromatic heterocycles. The summed E-state index contributed by atoms with van der Waals surface area (Å²) < 4.78 is 0. The van der Waals surface area contributed by atoms with Crippen molar-refractivity contribution >= 4 is 11.8 Å². The molecule has 2 saturated heterocycles. The van der Waals surface area contributed by atoms with E-state index in [9.17, 15) is 9.59 Å². The molecule has 2 rings (SSSR count). The van der Waals surface area contributed by atoms with Crippen molar-refractivity contribution < 1.29 is 14.7 Å². The van der Waals surface area contributed by atoms with Crippen molar-refractivity contribution in [3.63, 3.8) is 0 Å². The Morgan fingerprint density at radius 2 is 2.17 bits per heavy atom. The lowest BCUT2D eigenvalue weighted by Gasteiger charge is -2.25. The van der Waals surface area contributed by atoms with Gasteiger partial charge in [0, 0.05) is 25.6 Å². The number of aliphatic hydroxyl groups excluding tert-OH is 1. The summed E-state index contributed by atoms with van der Waals surface area (Å²) >= 11 is 0. The van der Waals surface area contributed by atoms with Gasteiger partial charge >= 0.3 is 0 Å². The van der Waals surface area contributed by atoms with Crippen LogP contribution in [0.1, 0.15) is 38.5 Å². The van der Waals surface area contributed by atoms with E-state index in [1.807, 2.05) is 0 Å². The fourth-order valence-electron chi connectivity index (χ4n) is 2.93. The number of imide groups is 1. The van der Waals surface area contributed by atoms with E-state index in [1.54, 1.807) is 0 Å². The topological polar surface area (TPSA) is 60.9 Å². The fourth-order valence-corrected chi connectivity index (χ4v) is 2.93. The molecule has 2 amide bonds. The van der Waals surface area contributed by atoms with E-state index in [1.165, 1.54) is 4.90 Å². The summed E-state index contributed by atoms with van der Waals surface area (Å²) in [6, 6.07) is 0.402. The quantitative estimate of drug-likeness (QED) is 0.770. The smallest absolute Gasteiger partial charge is 0.243 e. The van der Waals surface area contributed by atoms with E-state index in [0.29, 0.717) is 25.6 Å². The molecule has 1 unspecified atom stereocenters. The monoisotopic (exact) mass is 254 g/mol. The maximum Gasteiger partial charge on any atom is 0.243 e. The molecule has 0 spiro atoms. The number of amides is 2. The third kappa shape index (κ3) is 3.09. The van der Waals surface area contributed by atoms with Crippen molar-refractivity contribution in [1.82, 2.24) is 9.80 Å². The second-order valence-corrected chi connectivity index (χ2v) is 5.18. The van der Waals surface area contributed by atoms with Crippen molar-refractivity contribution in [1.29, 1.82) is 0 Å². The zero-order valence-electron chi connectivity index (χ0n) is 10.8. The van der Waals surface area contributed by atoms with Gasteiger partial charge in [0.25, 0.3) is 0 Å². The number of rotatable bonds is 5. The minimum absolute atomic E-state index is 0.0221. The lowest BCUT2D eigenvalue weighted by molar-refractivity contribution is -0.142. The van der Waals surface area contributed by atoms with Crippen molar-refractivity contribution in [3.8, 4) is 0 Å². The van der Waals surface area contributed by atoms with E-state index in [2.05, 4.69) is 4.90 Å². The Bertz CT molecular complexity index is 319. The second kappa shape index (κ2) is 6.29. The first-order valence-electron chi connectivity index (χ1n) is 6.90. The van der Waals surface area contributed by atoms with Crippen LogP contribution in [0.25, 0.3) is 0 Å². The van der Waals surface area contributed by atoms with Crippen LogP contribution in [0.5, 0.6) is 0 Å². The van der Waals surface area contributed by atoms with Crippen LogP contribution in [0.2, 0.25) is 0 Å². The molecule has 1 atom stereocenters. The highest BCUT2D eigenvalue weighted by molar-refractivity contribution is 5.97. The summed E-state index contributed by atoms with van der Waals surface area (Å²) in [5.74, 6) is -0.0699. The van der Waals surface area contributed by atoms with E-state index >= 15 is 0 Å². The normalized spacial score (nSPS) is 25.1. The summed E-state index contributed by atoms with van der Waals surface area (Å²) in [5, 5.41) is 8.86. The van der Waals surface area contributed by atoms with Crippen LogP contribution in [0.15, 0.2) is 0 Å². The maximum absolute atomic E-state index is 12.0. The van der Waals surface area contributed by atoms with Gasteiger partial charge < -0.3 is 5.11 Å². The summed E-state index contributed by atoms with van der Waals surface area (Å²) in [5.41, 5.74) is 0. The second-order valence-electron chi connectivity index (χ2n) is 5.18. The Kier molecular flexibility index (Phi) is 4.72. The molecule has 2 heterocycles. The molecule has 5 heteroatoms. The third-order valence-corrected chi connectivity index (χ3v) is 3.91. The number of hydrogen-bond donors (Lipinski definition) is 1. The van der Waals surface area contributed by atoms with E-state index in [-0.39, 0.29) is 18.4 Å². The molecule has 102 valence electrons. The molecule has 1 N–H and O–H groups in total.